The van der Waals surface area contributed by atoms with Crippen LogP contribution >= 0.6 is 0 Å². The van der Waals surface area contributed by atoms with Crippen LogP contribution in [0.5, 0.6) is 0 Å². The highest BCUT2D eigenvalue weighted by molar-refractivity contribution is 6.24. The Morgan fingerprint density at radius 1 is 0.960 bits per heavy atom. The van der Waals surface area contributed by atoms with Gasteiger partial charge in [-0.1, -0.05) is 65.8 Å². The maximum absolute atomic E-state index is 14.4. The minimum absolute atomic E-state index is 0.157. The summed E-state index contributed by atoms with van der Waals surface area (Å²) < 4.78 is 10.8. The van der Waals surface area contributed by atoms with Crippen molar-refractivity contribution in [2.45, 2.75) is 83.5 Å². The minimum atomic E-state index is -1.24. The molecule has 0 bridgehead atoms. The summed E-state index contributed by atoms with van der Waals surface area (Å²) in [5.41, 5.74) is 5.23. The predicted molar refractivity (Wildman–Crippen MR) is 190 cm³/mol. The number of benzene rings is 2. The van der Waals surface area contributed by atoms with Crippen LogP contribution in [0.4, 0.5) is 4.79 Å². The van der Waals surface area contributed by atoms with E-state index >= 15 is 0 Å². The number of ether oxygens (including phenoxy) is 2. The molecule has 2 saturated carbocycles. The van der Waals surface area contributed by atoms with Crippen molar-refractivity contribution in [3.05, 3.63) is 85.0 Å². The predicted octanol–water partition coefficient (Wildman–Crippen LogP) is 6.08. The number of rotatable bonds is 13. The number of carbonyl (C=O) groups is 4. The summed E-state index contributed by atoms with van der Waals surface area (Å²) in [4.78, 5) is 60.6. The lowest BCUT2D eigenvalue weighted by atomic mass is 9.93. The van der Waals surface area contributed by atoms with Gasteiger partial charge in [0.1, 0.15) is 23.0 Å². The van der Waals surface area contributed by atoms with Gasteiger partial charge in [0.05, 0.1) is 18.4 Å². The first kappa shape index (κ1) is 36.4. The summed E-state index contributed by atoms with van der Waals surface area (Å²) in [5, 5.41) is 8.78. The van der Waals surface area contributed by atoms with Gasteiger partial charge in [0.2, 0.25) is 11.8 Å². The molecule has 0 aromatic heterocycles. The molecule has 2 aromatic carbocycles. The third-order valence-corrected chi connectivity index (χ3v) is 9.34. The molecule has 0 radical (unpaired) electrons. The van der Waals surface area contributed by atoms with E-state index in [0.717, 1.165) is 35.1 Å². The molecule has 3 aliphatic carbocycles. The molecule has 5 rings (SSSR count). The number of esters is 1. The molecule has 11 heteroatoms. The highest BCUT2D eigenvalue weighted by Crippen LogP contribution is 2.47. The molecule has 0 saturated heterocycles. The molecule has 3 amide bonds. The smallest absolute Gasteiger partial charge is 0.426 e. The number of allylic oxidation sites excluding steroid dienone is 1. The van der Waals surface area contributed by atoms with Crippen LogP contribution in [0.15, 0.2) is 79.0 Å². The quantitative estimate of drug-likeness (QED) is 0.0965. The molecule has 2 aromatic rings. The maximum Gasteiger partial charge on any atom is 0.426 e. The number of oxime groups is 1. The second kappa shape index (κ2) is 15.3. The number of hydrogen-bond donors (Lipinski definition) is 2. The summed E-state index contributed by atoms with van der Waals surface area (Å²) in [6, 6.07) is 15.9. The van der Waals surface area contributed by atoms with Gasteiger partial charge in [0.25, 0.3) is 0 Å². The molecule has 2 fully saturated rings. The average molecular weight is 685 g/mol. The molecule has 0 unspecified atom stereocenters. The lowest BCUT2D eigenvalue weighted by Crippen LogP contribution is -2.53. The largest absolute Gasteiger partial charge is 0.464 e. The number of unbranched alkanes of at least 4 members (excludes halogenated alkanes) is 2. The van der Waals surface area contributed by atoms with Gasteiger partial charge in [0.15, 0.2) is 0 Å². The number of fused-ring (bicyclic) bond motifs is 3. The van der Waals surface area contributed by atoms with Crippen LogP contribution in [-0.2, 0) is 28.7 Å². The Hall–Kier alpha value is -4.93. The third-order valence-electron chi connectivity index (χ3n) is 9.34. The molecule has 0 aliphatic heterocycles. The second-order valence-corrected chi connectivity index (χ2v) is 14.1. The van der Waals surface area contributed by atoms with Gasteiger partial charge in [-0.3, -0.25) is 14.6 Å². The Balaban J connectivity index is 1.42. The molecular weight excluding hydrogens is 636 g/mol. The Bertz CT molecular complexity index is 1620. The van der Waals surface area contributed by atoms with Crippen molar-refractivity contribution in [2.24, 2.45) is 22.9 Å². The summed E-state index contributed by atoms with van der Waals surface area (Å²) in [6.07, 6.45) is 4.78. The molecule has 3 aliphatic rings. The number of hydrogen-bond acceptors (Lipinski definition) is 8. The van der Waals surface area contributed by atoms with E-state index in [2.05, 4.69) is 29.1 Å². The highest BCUT2D eigenvalue weighted by Gasteiger charge is 2.62. The van der Waals surface area contributed by atoms with Crippen LogP contribution in [0, 0.1) is 17.8 Å². The van der Waals surface area contributed by atoms with Crippen molar-refractivity contribution in [1.29, 1.82) is 0 Å². The van der Waals surface area contributed by atoms with E-state index in [9.17, 15) is 19.2 Å². The number of carbonyl (C=O) groups excluding carboxylic acids is 4. The van der Waals surface area contributed by atoms with E-state index in [4.69, 9.17) is 14.3 Å². The fraction of sp³-hybridized carbons (Fsp3) is 0.462. The van der Waals surface area contributed by atoms with Crippen LogP contribution in [-0.4, -0.2) is 65.0 Å². The Morgan fingerprint density at radius 2 is 1.58 bits per heavy atom. The number of nitrogens with zero attached hydrogens (tertiary/aromatic N) is 2. The van der Waals surface area contributed by atoms with E-state index in [0.29, 0.717) is 18.6 Å². The summed E-state index contributed by atoms with van der Waals surface area (Å²) >= 11 is 0. The minimum Gasteiger partial charge on any atom is -0.464 e. The van der Waals surface area contributed by atoms with Crippen molar-refractivity contribution < 1.29 is 33.5 Å². The van der Waals surface area contributed by atoms with E-state index < -0.39 is 53.0 Å². The zero-order valence-electron chi connectivity index (χ0n) is 29.4. The number of amides is 3. The SMILES string of the molecule is C=CCCCCN(NC(=O)OC(C)(C)C)C(=O)[C@@H]1C[C@H](ON=C2c3ccccc3-c3ccccc32)C[C@H]1C(=O)N[C@]1(C(=O)OCC)C[C@@H]1C=C. The highest BCUT2D eigenvalue weighted by atomic mass is 16.6. The van der Waals surface area contributed by atoms with Crippen molar-refractivity contribution >= 4 is 29.6 Å². The van der Waals surface area contributed by atoms with Crippen LogP contribution < -0.4 is 10.7 Å². The molecule has 0 spiro atoms. The first-order valence-electron chi connectivity index (χ1n) is 17.4. The fourth-order valence-corrected chi connectivity index (χ4v) is 6.83. The van der Waals surface area contributed by atoms with Crippen molar-refractivity contribution in [3.8, 4) is 11.1 Å². The van der Waals surface area contributed by atoms with Crippen molar-refractivity contribution in [2.75, 3.05) is 13.2 Å². The zero-order valence-corrected chi connectivity index (χ0v) is 29.4. The first-order valence-corrected chi connectivity index (χ1v) is 17.4. The summed E-state index contributed by atoms with van der Waals surface area (Å²) in [5.74, 6) is -3.53. The van der Waals surface area contributed by atoms with E-state index in [1.54, 1.807) is 39.8 Å². The van der Waals surface area contributed by atoms with Gasteiger partial charge in [-0.05, 0) is 77.3 Å². The molecule has 50 heavy (non-hydrogen) atoms. The molecule has 0 heterocycles. The van der Waals surface area contributed by atoms with Gasteiger partial charge in [-0.25, -0.2) is 15.0 Å². The van der Waals surface area contributed by atoms with Crippen LogP contribution in [0.3, 0.4) is 0 Å². The topological polar surface area (TPSA) is 136 Å². The Labute approximate surface area is 294 Å². The van der Waals surface area contributed by atoms with Crippen molar-refractivity contribution in [3.63, 3.8) is 0 Å². The van der Waals surface area contributed by atoms with Gasteiger partial charge in [-0.2, -0.15) is 0 Å². The third kappa shape index (κ3) is 7.93. The monoisotopic (exact) mass is 684 g/mol. The van der Waals surface area contributed by atoms with E-state index in [1.807, 2.05) is 48.5 Å². The summed E-state index contributed by atoms with van der Waals surface area (Å²) in [7, 11) is 0. The van der Waals surface area contributed by atoms with Gasteiger partial charge >= 0.3 is 12.1 Å². The second-order valence-electron chi connectivity index (χ2n) is 14.1. The zero-order chi connectivity index (χ0) is 36.1. The van der Waals surface area contributed by atoms with Crippen molar-refractivity contribution in [1.82, 2.24) is 15.8 Å². The standard InChI is InChI=1S/C39H48N4O7/c1-7-10-11-16-21-43(41-37(47)49-38(4,5)6)35(45)32-23-26(22-31(32)34(44)40-39(24-25(39)8-2)36(46)48-9-3)50-42-33-29-19-14-12-17-27(29)28-18-13-15-20-30(28)33/h7-8,12-15,17-20,25-26,31-32H,1-2,9-11,16,21-24H2,3-6H3,(H,40,44)(H,41,47)/t25-,26+,31+,32+,39+/m0/s1. The average Bonchev–Trinajstić information content (AvgIpc) is 3.47. The van der Waals surface area contributed by atoms with Gasteiger partial charge < -0.3 is 19.6 Å². The lowest BCUT2D eigenvalue weighted by Gasteiger charge is -2.30. The van der Waals surface area contributed by atoms with Gasteiger partial charge in [-0.15, -0.1) is 13.2 Å². The van der Waals surface area contributed by atoms with Gasteiger partial charge in [0, 0.05) is 23.6 Å². The fourth-order valence-electron chi connectivity index (χ4n) is 6.83. The molecule has 2 N–H and O–H groups in total. The van der Waals surface area contributed by atoms with E-state index in [-0.39, 0.29) is 31.9 Å². The van der Waals surface area contributed by atoms with Crippen LogP contribution in [0.2, 0.25) is 0 Å². The van der Waals surface area contributed by atoms with Crippen LogP contribution in [0.1, 0.15) is 77.3 Å². The Kier molecular flexibility index (Phi) is 11.1. The maximum atomic E-state index is 14.4. The lowest BCUT2D eigenvalue weighted by molar-refractivity contribution is -0.150. The Morgan fingerprint density at radius 3 is 2.14 bits per heavy atom. The number of nitrogens with one attached hydrogen (secondary N) is 2. The molecular formula is C39H48N4O7. The molecule has 5 atom stereocenters. The van der Waals surface area contributed by atoms with E-state index in [1.165, 1.54) is 5.01 Å². The van der Waals surface area contributed by atoms with Crippen LogP contribution in [0.25, 0.3) is 11.1 Å². The molecule has 266 valence electrons. The number of hydrazine groups is 1. The molecule has 11 nitrogen and oxygen atoms in total. The normalized spacial score (nSPS) is 23.1. The first-order chi connectivity index (χ1) is 23.9. The summed E-state index contributed by atoms with van der Waals surface area (Å²) in [6.45, 7) is 14.8.